The lowest BCUT2D eigenvalue weighted by Crippen LogP contribution is -2.38. The van der Waals surface area contributed by atoms with Gasteiger partial charge in [0.25, 0.3) is 0 Å². The van der Waals surface area contributed by atoms with Gasteiger partial charge >= 0.3 is 0 Å². The predicted octanol–water partition coefficient (Wildman–Crippen LogP) is 2.54. The molecule has 2 nitrogen and oxygen atoms in total. The molecule has 3 heteroatoms. The monoisotopic (exact) mass is 209 g/mol. The summed E-state index contributed by atoms with van der Waals surface area (Å²) in [6.45, 7) is 0.143. The molecule has 0 heterocycles. The zero-order valence-corrected chi connectivity index (χ0v) is 8.67. The number of benzene rings is 1. The van der Waals surface area contributed by atoms with Crippen molar-refractivity contribution in [2.45, 2.75) is 31.2 Å². The lowest BCUT2D eigenvalue weighted by Gasteiger charge is -2.29. The van der Waals surface area contributed by atoms with Crippen LogP contribution in [0.5, 0.6) is 0 Å². The Bertz CT molecular complexity index is 317. The van der Waals surface area contributed by atoms with Crippen LogP contribution in [0.2, 0.25) is 0 Å². The van der Waals surface area contributed by atoms with Gasteiger partial charge in [-0.15, -0.1) is 0 Å². The summed E-state index contributed by atoms with van der Waals surface area (Å²) in [6.07, 6.45) is 4.27. The molecule has 1 saturated carbocycles. The van der Waals surface area contributed by atoms with E-state index >= 15 is 0 Å². The van der Waals surface area contributed by atoms with Crippen LogP contribution in [0.4, 0.5) is 10.1 Å². The number of aliphatic hydroxyl groups excluding tert-OH is 1. The van der Waals surface area contributed by atoms with Gasteiger partial charge in [-0.3, -0.25) is 0 Å². The fraction of sp³-hybridized carbons (Fsp3) is 0.500. The molecule has 0 aliphatic heterocycles. The van der Waals surface area contributed by atoms with E-state index in [4.69, 9.17) is 0 Å². The zero-order chi connectivity index (χ0) is 10.7. The van der Waals surface area contributed by atoms with Gasteiger partial charge in [0, 0.05) is 5.69 Å². The summed E-state index contributed by atoms with van der Waals surface area (Å²) >= 11 is 0. The molecule has 0 radical (unpaired) electrons. The van der Waals surface area contributed by atoms with Gasteiger partial charge in [-0.1, -0.05) is 12.8 Å². The zero-order valence-electron chi connectivity index (χ0n) is 8.67. The van der Waals surface area contributed by atoms with Crippen LogP contribution in [-0.2, 0) is 0 Å². The van der Waals surface area contributed by atoms with Gasteiger partial charge in [-0.2, -0.15) is 0 Å². The molecule has 15 heavy (non-hydrogen) atoms. The maximum Gasteiger partial charge on any atom is 0.123 e. The highest BCUT2D eigenvalue weighted by Crippen LogP contribution is 2.32. The number of hydrogen-bond acceptors (Lipinski definition) is 2. The summed E-state index contributed by atoms with van der Waals surface area (Å²) in [5.74, 6) is -0.231. The highest BCUT2D eigenvalue weighted by Gasteiger charge is 2.32. The molecule has 1 aromatic carbocycles. The Morgan fingerprint density at radius 2 is 1.80 bits per heavy atom. The standard InChI is InChI=1S/C12H16FNO/c13-10-3-5-11(6-4-10)14-12(9-15)7-1-2-8-12/h3-6,14-15H,1-2,7-9H2. The molecule has 2 N–H and O–H groups in total. The van der Waals surface area contributed by atoms with E-state index in [2.05, 4.69) is 5.32 Å². The van der Waals surface area contributed by atoms with Crippen molar-refractivity contribution in [2.24, 2.45) is 0 Å². The summed E-state index contributed by atoms with van der Waals surface area (Å²) in [7, 11) is 0. The normalized spacial score (nSPS) is 19.1. The van der Waals surface area contributed by atoms with E-state index in [0.29, 0.717) is 0 Å². The fourth-order valence-electron chi connectivity index (χ4n) is 2.21. The first kappa shape index (κ1) is 10.4. The molecule has 1 aromatic rings. The van der Waals surface area contributed by atoms with Crippen LogP contribution in [0.25, 0.3) is 0 Å². The second kappa shape index (κ2) is 4.19. The van der Waals surface area contributed by atoms with Crippen molar-refractivity contribution in [1.82, 2.24) is 0 Å². The van der Waals surface area contributed by atoms with Crippen LogP contribution in [0.1, 0.15) is 25.7 Å². The molecule has 0 amide bonds. The third-order valence-corrected chi connectivity index (χ3v) is 3.12. The molecule has 0 unspecified atom stereocenters. The Balaban J connectivity index is 2.09. The quantitative estimate of drug-likeness (QED) is 0.801. The lowest BCUT2D eigenvalue weighted by molar-refractivity contribution is 0.214. The van der Waals surface area contributed by atoms with Gasteiger partial charge in [0.05, 0.1) is 12.1 Å². The van der Waals surface area contributed by atoms with Gasteiger partial charge < -0.3 is 10.4 Å². The van der Waals surface area contributed by atoms with Crippen molar-refractivity contribution >= 4 is 5.69 Å². The number of halogens is 1. The summed E-state index contributed by atoms with van der Waals surface area (Å²) in [5.41, 5.74) is 0.699. The first-order chi connectivity index (χ1) is 7.24. The molecule has 0 saturated heterocycles. The Morgan fingerprint density at radius 3 is 2.33 bits per heavy atom. The first-order valence-electron chi connectivity index (χ1n) is 5.39. The Morgan fingerprint density at radius 1 is 1.20 bits per heavy atom. The molecule has 1 aliphatic rings. The number of hydrogen-bond donors (Lipinski definition) is 2. The largest absolute Gasteiger partial charge is 0.394 e. The van der Waals surface area contributed by atoms with E-state index in [-0.39, 0.29) is 18.0 Å². The molecular weight excluding hydrogens is 193 g/mol. The number of anilines is 1. The third-order valence-electron chi connectivity index (χ3n) is 3.12. The summed E-state index contributed by atoms with van der Waals surface area (Å²) in [5, 5.41) is 12.7. The van der Waals surface area contributed by atoms with Gasteiger partial charge in [-0.25, -0.2) is 4.39 Å². The molecule has 0 bridgehead atoms. The Kier molecular flexibility index (Phi) is 2.91. The van der Waals surface area contributed by atoms with Crippen molar-refractivity contribution < 1.29 is 9.50 Å². The van der Waals surface area contributed by atoms with E-state index in [1.54, 1.807) is 12.1 Å². The van der Waals surface area contributed by atoms with Gasteiger partial charge in [0.15, 0.2) is 0 Å². The average Bonchev–Trinajstić information content (AvgIpc) is 2.71. The molecule has 0 atom stereocenters. The predicted molar refractivity (Wildman–Crippen MR) is 58.3 cm³/mol. The van der Waals surface area contributed by atoms with Crippen molar-refractivity contribution in [2.75, 3.05) is 11.9 Å². The number of aliphatic hydroxyl groups is 1. The van der Waals surface area contributed by atoms with E-state index in [0.717, 1.165) is 31.4 Å². The third kappa shape index (κ3) is 2.29. The average molecular weight is 209 g/mol. The number of rotatable bonds is 3. The molecule has 82 valence electrons. The van der Waals surface area contributed by atoms with Crippen molar-refractivity contribution in [3.63, 3.8) is 0 Å². The molecule has 2 rings (SSSR count). The van der Waals surface area contributed by atoms with Crippen molar-refractivity contribution in [3.8, 4) is 0 Å². The van der Waals surface area contributed by atoms with E-state index in [9.17, 15) is 9.50 Å². The summed E-state index contributed by atoms with van der Waals surface area (Å²) < 4.78 is 12.7. The second-order valence-corrected chi connectivity index (χ2v) is 4.28. The van der Waals surface area contributed by atoms with Crippen LogP contribution in [0.15, 0.2) is 24.3 Å². The second-order valence-electron chi connectivity index (χ2n) is 4.28. The summed E-state index contributed by atoms with van der Waals surface area (Å²) in [6, 6.07) is 6.29. The van der Waals surface area contributed by atoms with E-state index in [1.807, 2.05) is 0 Å². The van der Waals surface area contributed by atoms with Gasteiger partial charge in [0.1, 0.15) is 5.82 Å². The number of nitrogens with one attached hydrogen (secondary N) is 1. The topological polar surface area (TPSA) is 32.3 Å². The fourth-order valence-corrected chi connectivity index (χ4v) is 2.21. The molecule has 1 aliphatic carbocycles. The highest BCUT2D eigenvalue weighted by molar-refractivity contribution is 5.45. The van der Waals surface area contributed by atoms with Crippen molar-refractivity contribution in [1.29, 1.82) is 0 Å². The molecule has 0 aromatic heterocycles. The maximum atomic E-state index is 12.7. The summed E-state index contributed by atoms with van der Waals surface area (Å²) in [4.78, 5) is 0. The molecule has 1 fully saturated rings. The van der Waals surface area contributed by atoms with Gasteiger partial charge in [-0.05, 0) is 37.1 Å². The van der Waals surface area contributed by atoms with Crippen LogP contribution in [0, 0.1) is 5.82 Å². The minimum absolute atomic E-state index is 0.143. The van der Waals surface area contributed by atoms with E-state index < -0.39 is 0 Å². The van der Waals surface area contributed by atoms with Gasteiger partial charge in [0.2, 0.25) is 0 Å². The maximum absolute atomic E-state index is 12.7. The molecule has 0 spiro atoms. The van der Waals surface area contributed by atoms with Crippen LogP contribution in [-0.4, -0.2) is 17.3 Å². The SMILES string of the molecule is OCC1(Nc2ccc(F)cc2)CCCC1. The minimum atomic E-state index is -0.231. The van der Waals surface area contributed by atoms with Crippen molar-refractivity contribution in [3.05, 3.63) is 30.1 Å². The van der Waals surface area contributed by atoms with E-state index in [1.165, 1.54) is 12.1 Å². The Hall–Kier alpha value is -1.09. The smallest absolute Gasteiger partial charge is 0.123 e. The Labute approximate surface area is 89.1 Å². The van der Waals surface area contributed by atoms with Crippen LogP contribution >= 0.6 is 0 Å². The van der Waals surface area contributed by atoms with Crippen LogP contribution in [0.3, 0.4) is 0 Å². The molecular formula is C12H16FNO. The van der Waals surface area contributed by atoms with Crippen LogP contribution < -0.4 is 5.32 Å². The first-order valence-corrected chi connectivity index (χ1v) is 5.39. The lowest BCUT2D eigenvalue weighted by atomic mass is 9.98. The minimum Gasteiger partial charge on any atom is -0.394 e. The highest BCUT2D eigenvalue weighted by atomic mass is 19.1.